The highest BCUT2D eigenvalue weighted by Gasteiger charge is 2.17. The van der Waals surface area contributed by atoms with Crippen molar-refractivity contribution in [2.24, 2.45) is 0 Å². The Kier molecular flexibility index (Phi) is 4.56. The lowest BCUT2D eigenvalue weighted by molar-refractivity contribution is 0.264. The van der Waals surface area contributed by atoms with E-state index < -0.39 is 0 Å². The standard InChI is InChI=1S/C19H24N2/c1-21-13-11-18(12-14-21)20-19-10-6-5-9-17(19)15-16-7-3-2-4-8-16/h2-10,18,20H,11-15H2,1H3. The molecule has 0 aromatic heterocycles. The summed E-state index contributed by atoms with van der Waals surface area (Å²) in [4.78, 5) is 2.41. The Balaban J connectivity index is 1.70. The zero-order valence-electron chi connectivity index (χ0n) is 12.8. The van der Waals surface area contributed by atoms with Crippen LogP contribution in [0.5, 0.6) is 0 Å². The van der Waals surface area contributed by atoms with Gasteiger partial charge in [-0.05, 0) is 56.6 Å². The second-order valence-electron chi connectivity index (χ2n) is 6.04. The Bertz CT molecular complexity index is 557. The van der Waals surface area contributed by atoms with E-state index >= 15 is 0 Å². The third kappa shape index (κ3) is 3.85. The van der Waals surface area contributed by atoms with Crippen LogP contribution < -0.4 is 5.32 Å². The summed E-state index contributed by atoms with van der Waals surface area (Å²) in [7, 11) is 2.21. The minimum atomic E-state index is 0.609. The Morgan fingerprint density at radius 1 is 0.952 bits per heavy atom. The number of anilines is 1. The molecule has 1 N–H and O–H groups in total. The van der Waals surface area contributed by atoms with E-state index in [1.807, 2.05) is 0 Å². The first kappa shape index (κ1) is 14.2. The average molecular weight is 280 g/mol. The molecule has 110 valence electrons. The zero-order valence-corrected chi connectivity index (χ0v) is 12.8. The highest BCUT2D eigenvalue weighted by molar-refractivity contribution is 5.53. The summed E-state index contributed by atoms with van der Waals surface area (Å²) in [5, 5.41) is 3.76. The van der Waals surface area contributed by atoms with Crippen molar-refractivity contribution >= 4 is 5.69 Å². The summed E-state index contributed by atoms with van der Waals surface area (Å²) >= 11 is 0. The van der Waals surface area contributed by atoms with Gasteiger partial charge < -0.3 is 10.2 Å². The first-order valence-electron chi connectivity index (χ1n) is 7.88. The molecule has 0 aliphatic carbocycles. The first-order valence-corrected chi connectivity index (χ1v) is 7.88. The molecule has 0 radical (unpaired) electrons. The molecule has 21 heavy (non-hydrogen) atoms. The lowest BCUT2D eigenvalue weighted by Crippen LogP contribution is -2.36. The first-order chi connectivity index (χ1) is 10.3. The minimum absolute atomic E-state index is 0.609. The van der Waals surface area contributed by atoms with Crippen molar-refractivity contribution in [1.29, 1.82) is 0 Å². The second kappa shape index (κ2) is 6.77. The Morgan fingerprint density at radius 2 is 1.62 bits per heavy atom. The lowest BCUT2D eigenvalue weighted by Gasteiger charge is -2.30. The Labute approximate surface area is 127 Å². The summed E-state index contributed by atoms with van der Waals surface area (Å²) in [6.07, 6.45) is 3.46. The smallest absolute Gasteiger partial charge is 0.0378 e. The molecular formula is C19H24N2. The van der Waals surface area contributed by atoms with E-state index in [9.17, 15) is 0 Å². The Hall–Kier alpha value is -1.80. The van der Waals surface area contributed by atoms with Crippen molar-refractivity contribution in [3.63, 3.8) is 0 Å². The van der Waals surface area contributed by atoms with E-state index in [0.29, 0.717) is 6.04 Å². The molecule has 1 saturated heterocycles. The molecule has 2 nitrogen and oxygen atoms in total. The third-order valence-electron chi connectivity index (χ3n) is 4.33. The van der Waals surface area contributed by atoms with Crippen molar-refractivity contribution < 1.29 is 0 Å². The fraction of sp³-hybridized carbons (Fsp3) is 0.368. The molecule has 2 aromatic rings. The summed E-state index contributed by atoms with van der Waals surface area (Å²) in [6.45, 7) is 2.39. The largest absolute Gasteiger partial charge is 0.382 e. The zero-order chi connectivity index (χ0) is 14.5. The molecule has 0 amide bonds. The SMILES string of the molecule is CN1CCC(Nc2ccccc2Cc2ccccc2)CC1. The van der Waals surface area contributed by atoms with E-state index in [-0.39, 0.29) is 0 Å². The predicted octanol–water partition coefficient (Wildman–Crippen LogP) is 3.78. The number of nitrogens with one attached hydrogen (secondary N) is 1. The fourth-order valence-corrected chi connectivity index (χ4v) is 3.00. The third-order valence-corrected chi connectivity index (χ3v) is 4.33. The highest BCUT2D eigenvalue weighted by atomic mass is 15.1. The molecule has 0 bridgehead atoms. The monoisotopic (exact) mass is 280 g/mol. The quantitative estimate of drug-likeness (QED) is 0.917. The molecule has 0 atom stereocenters. The van der Waals surface area contributed by atoms with Crippen LogP contribution in [-0.4, -0.2) is 31.1 Å². The number of nitrogens with zero attached hydrogens (tertiary/aromatic N) is 1. The summed E-state index contributed by atoms with van der Waals surface area (Å²) in [5.74, 6) is 0. The van der Waals surface area contributed by atoms with Gasteiger partial charge in [-0.15, -0.1) is 0 Å². The maximum absolute atomic E-state index is 3.76. The van der Waals surface area contributed by atoms with E-state index in [4.69, 9.17) is 0 Å². The van der Waals surface area contributed by atoms with Gasteiger partial charge >= 0.3 is 0 Å². The maximum Gasteiger partial charge on any atom is 0.0378 e. The maximum atomic E-state index is 3.76. The van der Waals surface area contributed by atoms with Gasteiger partial charge in [0.2, 0.25) is 0 Å². The number of likely N-dealkylation sites (tertiary alicyclic amines) is 1. The van der Waals surface area contributed by atoms with Crippen LogP contribution in [0.4, 0.5) is 5.69 Å². The normalized spacial score (nSPS) is 16.8. The molecule has 0 saturated carbocycles. The average Bonchev–Trinajstić information content (AvgIpc) is 2.52. The number of para-hydroxylation sites is 1. The summed E-state index contributed by atoms with van der Waals surface area (Å²) < 4.78 is 0. The molecule has 2 aromatic carbocycles. The number of hydrogen-bond acceptors (Lipinski definition) is 2. The van der Waals surface area contributed by atoms with Crippen LogP contribution in [0, 0.1) is 0 Å². The molecule has 0 unspecified atom stereocenters. The second-order valence-corrected chi connectivity index (χ2v) is 6.04. The number of hydrogen-bond donors (Lipinski definition) is 1. The minimum Gasteiger partial charge on any atom is -0.382 e. The van der Waals surface area contributed by atoms with Gasteiger partial charge in [-0.2, -0.15) is 0 Å². The van der Waals surface area contributed by atoms with E-state index in [2.05, 4.69) is 71.9 Å². The molecule has 2 heteroatoms. The molecular weight excluding hydrogens is 256 g/mol. The highest BCUT2D eigenvalue weighted by Crippen LogP contribution is 2.22. The predicted molar refractivity (Wildman–Crippen MR) is 89.8 cm³/mol. The van der Waals surface area contributed by atoms with Gasteiger partial charge in [0, 0.05) is 11.7 Å². The summed E-state index contributed by atoms with van der Waals surface area (Å²) in [6, 6.07) is 20.0. The van der Waals surface area contributed by atoms with Gasteiger partial charge in [-0.1, -0.05) is 48.5 Å². The fourth-order valence-electron chi connectivity index (χ4n) is 3.00. The van der Waals surface area contributed by atoms with Crippen LogP contribution in [0.3, 0.4) is 0 Å². The van der Waals surface area contributed by atoms with Gasteiger partial charge in [0.1, 0.15) is 0 Å². The number of rotatable bonds is 4. The van der Waals surface area contributed by atoms with E-state index in [1.165, 1.54) is 42.7 Å². The topological polar surface area (TPSA) is 15.3 Å². The van der Waals surface area contributed by atoms with Crippen molar-refractivity contribution in [1.82, 2.24) is 4.90 Å². The van der Waals surface area contributed by atoms with Crippen LogP contribution in [0.25, 0.3) is 0 Å². The number of benzene rings is 2. The molecule has 1 aliphatic rings. The molecule has 0 spiro atoms. The van der Waals surface area contributed by atoms with E-state index in [1.54, 1.807) is 0 Å². The van der Waals surface area contributed by atoms with Crippen molar-refractivity contribution in [3.05, 3.63) is 65.7 Å². The van der Waals surface area contributed by atoms with Gasteiger partial charge in [0.25, 0.3) is 0 Å². The Morgan fingerprint density at radius 3 is 2.38 bits per heavy atom. The van der Waals surface area contributed by atoms with Crippen molar-refractivity contribution in [2.45, 2.75) is 25.3 Å². The lowest BCUT2D eigenvalue weighted by atomic mass is 10.0. The molecule has 1 heterocycles. The molecule has 1 aliphatic heterocycles. The van der Waals surface area contributed by atoms with Gasteiger partial charge in [-0.3, -0.25) is 0 Å². The van der Waals surface area contributed by atoms with Gasteiger partial charge in [-0.25, -0.2) is 0 Å². The van der Waals surface area contributed by atoms with Gasteiger partial charge in [0.15, 0.2) is 0 Å². The molecule has 3 rings (SSSR count). The van der Waals surface area contributed by atoms with Crippen LogP contribution in [-0.2, 0) is 6.42 Å². The van der Waals surface area contributed by atoms with Crippen LogP contribution in [0.15, 0.2) is 54.6 Å². The van der Waals surface area contributed by atoms with Crippen LogP contribution >= 0.6 is 0 Å². The molecule has 1 fully saturated rings. The van der Waals surface area contributed by atoms with Crippen LogP contribution in [0.1, 0.15) is 24.0 Å². The van der Waals surface area contributed by atoms with Gasteiger partial charge in [0.05, 0.1) is 0 Å². The van der Waals surface area contributed by atoms with Crippen LogP contribution in [0.2, 0.25) is 0 Å². The van der Waals surface area contributed by atoms with Crippen molar-refractivity contribution in [3.8, 4) is 0 Å². The summed E-state index contributed by atoms with van der Waals surface area (Å²) in [5.41, 5.74) is 4.06. The van der Waals surface area contributed by atoms with Crippen molar-refractivity contribution in [2.75, 3.05) is 25.5 Å². The number of piperidine rings is 1. The van der Waals surface area contributed by atoms with E-state index in [0.717, 1.165) is 6.42 Å².